The van der Waals surface area contributed by atoms with Gasteiger partial charge in [0.1, 0.15) is 17.1 Å². The maximum atomic E-state index is 13.1. The van der Waals surface area contributed by atoms with Crippen molar-refractivity contribution < 1.29 is 27.4 Å². The molecule has 30 heavy (non-hydrogen) atoms. The minimum absolute atomic E-state index is 0.153. The molecule has 0 aliphatic carbocycles. The SMILES string of the molecule is CC1=C(S(=O)(=O)O)C(C)ON1[C@@H]1CCCCN(C(=O)NCc2ccc(Br)cc2)C1=O. The van der Waals surface area contributed by atoms with Crippen molar-refractivity contribution in [1.29, 1.82) is 0 Å². The Morgan fingerprint density at radius 2 is 1.97 bits per heavy atom. The molecule has 2 heterocycles. The number of hydrogen-bond donors (Lipinski definition) is 2. The molecule has 2 atom stereocenters. The third kappa shape index (κ3) is 4.85. The summed E-state index contributed by atoms with van der Waals surface area (Å²) in [4.78, 5) is 32.3. The van der Waals surface area contributed by atoms with Crippen LogP contribution in [0.4, 0.5) is 4.79 Å². The number of carbonyl (C=O) groups excluding carboxylic acids is 2. The summed E-state index contributed by atoms with van der Waals surface area (Å²) in [6.45, 7) is 3.49. The minimum atomic E-state index is -4.47. The number of hydrogen-bond acceptors (Lipinski definition) is 6. The molecule has 0 radical (unpaired) electrons. The van der Waals surface area contributed by atoms with Gasteiger partial charge in [0.25, 0.3) is 16.0 Å². The Bertz CT molecular complexity index is 963. The zero-order valence-corrected chi connectivity index (χ0v) is 19.1. The Kier molecular flexibility index (Phi) is 6.85. The van der Waals surface area contributed by atoms with Crippen molar-refractivity contribution in [3.8, 4) is 0 Å². The van der Waals surface area contributed by atoms with Crippen LogP contribution in [0.2, 0.25) is 0 Å². The van der Waals surface area contributed by atoms with Gasteiger partial charge < -0.3 is 5.32 Å². The molecule has 11 heteroatoms. The maximum Gasteiger partial charge on any atom is 0.324 e. The molecule has 0 spiro atoms. The lowest BCUT2D eigenvalue weighted by Gasteiger charge is -2.30. The zero-order valence-electron chi connectivity index (χ0n) is 16.7. The topological polar surface area (TPSA) is 116 Å². The minimum Gasteiger partial charge on any atom is -0.334 e. The Morgan fingerprint density at radius 3 is 2.57 bits per heavy atom. The molecule has 1 saturated heterocycles. The molecule has 164 valence electrons. The Balaban J connectivity index is 1.75. The first-order chi connectivity index (χ1) is 14.1. The van der Waals surface area contributed by atoms with Gasteiger partial charge in [0.05, 0.1) is 5.70 Å². The first-order valence-electron chi connectivity index (χ1n) is 9.57. The zero-order chi connectivity index (χ0) is 22.1. The van der Waals surface area contributed by atoms with E-state index in [1.807, 2.05) is 24.3 Å². The lowest BCUT2D eigenvalue weighted by molar-refractivity contribution is -0.175. The molecule has 1 fully saturated rings. The van der Waals surface area contributed by atoms with Gasteiger partial charge in [-0.25, -0.2) is 9.86 Å². The second-order valence-electron chi connectivity index (χ2n) is 7.28. The van der Waals surface area contributed by atoms with Crippen molar-refractivity contribution in [2.24, 2.45) is 0 Å². The summed E-state index contributed by atoms with van der Waals surface area (Å²) in [5, 5.41) is 3.97. The average molecular weight is 502 g/mol. The number of urea groups is 1. The standard InChI is InChI=1S/C19H24BrN3O6S/c1-12-17(30(26,27)28)13(2)29-23(12)16-5-3-4-10-22(18(16)24)19(25)21-11-14-6-8-15(20)9-7-14/h6-9,13,16H,3-5,10-11H2,1-2H3,(H,21,25)(H,26,27,28)/t13?,16-/m1/s1. The van der Waals surface area contributed by atoms with Crippen LogP contribution >= 0.6 is 15.9 Å². The van der Waals surface area contributed by atoms with Crippen LogP contribution in [0.3, 0.4) is 0 Å². The maximum absolute atomic E-state index is 13.1. The second-order valence-corrected chi connectivity index (χ2v) is 9.59. The van der Waals surface area contributed by atoms with Crippen molar-refractivity contribution in [3.63, 3.8) is 0 Å². The number of allylic oxidation sites excluding steroid dienone is 1. The van der Waals surface area contributed by atoms with Gasteiger partial charge in [0.2, 0.25) is 0 Å². The van der Waals surface area contributed by atoms with E-state index in [2.05, 4.69) is 21.2 Å². The third-order valence-corrected chi connectivity index (χ3v) is 6.86. The highest BCUT2D eigenvalue weighted by Crippen LogP contribution is 2.33. The molecule has 9 nitrogen and oxygen atoms in total. The molecule has 0 saturated carbocycles. The highest BCUT2D eigenvalue weighted by molar-refractivity contribution is 9.10. The Morgan fingerprint density at radius 1 is 1.30 bits per heavy atom. The van der Waals surface area contributed by atoms with E-state index < -0.39 is 34.2 Å². The first kappa shape index (κ1) is 22.7. The number of hydroxylamine groups is 2. The fraction of sp³-hybridized carbons (Fsp3) is 0.474. The van der Waals surface area contributed by atoms with E-state index in [1.165, 1.54) is 18.9 Å². The molecule has 2 aliphatic rings. The molecule has 2 N–H and O–H groups in total. The molecule has 0 aromatic heterocycles. The van der Waals surface area contributed by atoms with Crippen LogP contribution in [0.1, 0.15) is 38.7 Å². The van der Waals surface area contributed by atoms with E-state index in [0.717, 1.165) is 14.9 Å². The van der Waals surface area contributed by atoms with Crippen molar-refractivity contribution in [3.05, 3.63) is 44.9 Å². The van der Waals surface area contributed by atoms with Crippen LogP contribution in [0, 0.1) is 0 Å². The van der Waals surface area contributed by atoms with E-state index in [-0.39, 0.29) is 23.7 Å². The number of amides is 3. The fourth-order valence-electron chi connectivity index (χ4n) is 3.72. The van der Waals surface area contributed by atoms with Gasteiger partial charge in [-0.2, -0.15) is 8.42 Å². The summed E-state index contributed by atoms with van der Waals surface area (Å²) in [7, 11) is -4.47. The first-order valence-corrected chi connectivity index (χ1v) is 11.8. The van der Waals surface area contributed by atoms with Crippen molar-refractivity contribution >= 4 is 38.0 Å². The van der Waals surface area contributed by atoms with Gasteiger partial charge >= 0.3 is 6.03 Å². The molecule has 3 rings (SSSR count). The van der Waals surface area contributed by atoms with Crippen LogP contribution < -0.4 is 5.32 Å². The van der Waals surface area contributed by atoms with Crippen LogP contribution in [0.15, 0.2) is 39.3 Å². The predicted molar refractivity (Wildman–Crippen MR) is 112 cm³/mol. The van der Waals surface area contributed by atoms with E-state index in [0.29, 0.717) is 19.3 Å². The van der Waals surface area contributed by atoms with E-state index >= 15 is 0 Å². The smallest absolute Gasteiger partial charge is 0.324 e. The fourth-order valence-corrected chi connectivity index (χ4v) is 4.91. The summed E-state index contributed by atoms with van der Waals surface area (Å²) in [6, 6.07) is 6.08. The highest BCUT2D eigenvalue weighted by atomic mass is 79.9. The Labute approximate surface area is 183 Å². The number of carbonyl (C=O) groups is 2. The van der Waals surface area contributed by atoms with Crippen LogP contribution in [-0.4, -0.2) is 53.6 Å². The number of likely N-dealkylation sites (tertiary alicyclic amines) is 1. The number of benzene rings is 1. The number of rotatable bonds is 4. The summed E-state index contributed by atoms with van der Waals surface area (Å²) in [5.41, 5.74) is 1.04. The van der Waals surface area contributed by atoms with Gasteiger partial charge in [-0.05, 0) is 50.8 Å². The third-order valence-electron chi connectivity index (χ3n) is 5.15. The molecule has 2 aliphatic heterocycles. The molecule has 0 bridgehead atoms. The van der Waals surface area contributed by atoms with Crippen LogP contribution in [0.25, 0.3) is 0 Å². The highest BCUT2D eigenvalue weighted by Gasteiger charge is 2.43. The largest absolute Gasteiger partial charge is 0.334 e. The van der Waals surface area contributed by atoms with Crippen LogP contribution in [-0.2, 0) is 26.3 Å². The molecule has 1 aromatic rings. The normalized spacial score (nSPS) is 23.0. The summed E-state index contributed by atoms with van der Waals surface area (Å²) in [5.74, 6) is -0.469. The summed E-state index contributed by atoms with van der Waals surface area (Å²) in [6.07, 6.45) is 0.773. The average Bonchev–Trinajstić information content (AvgIpc) is 2.84. The van der Waals surface area contributed by atoms with Gasteiger partial charge in [-0.15, -0.1) is 0 Å². The predicted octanol–water partition coefficient (Wildman–Crippen LogP) is 2.79. The lowest BCUT2D eigenvalue weighted by Crippen LogP contribution is -2.51. The second kappa shape index (κ2) is 9.04. The van der Waals surface area contributed by atoms with Gasteiger partial charge in [-0.3, -0.25) is 19.1 Å². The quantitative estimate of drug-likeness (QED) is 0.609. The van der Waals surface area contributed by atoms with Crippen molar-refractivity contribution in [2.75, 3.05) is 6.54 Å². The molecular formula is C19H24BrN3O6S. The molecule has 1 aromatic carbocycles. The molecule has 1 unspecified atom stereocenters. The Hall–Kier alpha value is -1.95. The number of nitrogens with one attached hydrogen (secondary N) is 1. The van der Waals surface area contributed by atoms with Gasteiger partial charge in [0, 0.05) is 17.6 Å². The van der Waals surface area contributed by atoms with Gasteiger partial charge in [-0.1, -0.05) is 28.1 Å². The van der Waals surface area contributed by atoms with E-state index in [1.54, 1.807) is 0 Å². The van der Waals surface area contributed by atoms with Crippen molar-refractivity contribution in [1.82, 2.24) is 15.3 Å². The van der Waals surface area contributed by atoms with Gasteiger partial charge in [0.15, 0.2) is 0 Å². The van der Waals surface area contributed by atoms with E-state index in [4.69, 9.17) is 4.84 Å². The number of imide groups is 1. The molecular weight excluding hydrogens is 478 g/mol. The summed E-state index contributed by atoms with van der Waals surface area (Å²) >= 11 is 3.36. The van der Waals surface area contributed by atoms with E-state index in [9.17, 15) is 22.6 Å². The van der Waals surface area contributed by atoms with Crippen LogP contribution in [0.5, 0.6) is 0 Å². The summed E-state index contributed by atoms with van der Waals surface area (Å²) < 4.78 is 33.8. The molecule has 3 amide bonds. The monoisotopic (exact) mass is 501 g/mol. The lowest BCUT2D eigenvalue weighted by atomic mass is 10.1. The van der Waals surface area contributed by atoms with Crippen molar-refractivity contribution in [2.45, 2.75) is 51.8 Å². The number of nitrogens with zero attached hydrogens (tertiary/aromatic N) is 2. The number of halogens is 1.